The van der Waals surface area contributed by atoms with Gasteiger partial charge in [0.1, 0.15) is 0 Å². The Labute approximate surface area is 189 Å². The Balaban J connectivity index is 1.38. The van der Waals surface area contributed by atoms with E-state index in [-0.39, 0.29) is 5.91 Å². The van der Waals surface area contributed by atoms with Crippen LogP contribution in [0.25, 0.3) is 16.4 Å². The molecule has 0 unspecified atom stereocenters. The lowest BCUT2D eigenvalue weighted by atomic mass is 10.3. The van der Waals surface area contributed by atoms with Crippen molar-refractivity contribution in [2.45, 2.75) is 38.9 Å². The van der Waals surface area contributed by atoms with Gasteiger partial charge in [-0.15, -0.1) is 21.5 Å². The molecule has 31 heavy (non-hydrogen) atoms. The summed E-state index contributed by atoms with van der Waals surface area (Å²) in [7, 11) is 0. The predicted molar refractivity (Wildman–Crippen MR) is 126 cm³/mol. The van der Waals surface area contributed by atoms with Crippen LogP contribution in [0.2, 0.25) is 0 Å². The van der Waals surface area contributed by atoms with Crippen molar-refractivity contribution in [3.63, 3.8) is 0 Å². The van der Waals surface area contributed by atoms with Crippen LogP contribution in [-0.2, 0) is 11.3 Å². The summed E-state index contributed by atoms with van der Waals surface area (Å²) in [6.45, 7) is 6.73. The molecule has 0 saturated carbocycles. The molecule has 0 aliphatic rings. The van der Waals surface area contributed by atoms with Crippen LogP contribution in [0.1, 0.15) is 24.7 Å². The third kappa shape index (κ3) is 4.57. The molecule has 0 aliphatic heterocycles. The first-order valence-electron chi connectivity index (χ1n) is 10.1. The molecule has 160 valence electrons. The van der Waals surface area contributed by atoms with Gasteiger partial charge in [-0.25, -0.2) is 4.68 Å². The quantitative estimate of drug-likeness (QED) is 0.383. The number of carbonyl (C=O) groups excluding carboxylic acids is 1. The van der Waals surface area contributed by atoms with E-state index in [9.17, 15) is 4.79 Å². The Bertz CT molecular complexity index is 1160. The minimum Gasteiger partial charge on any atom is -0.323 e. The molecular formula is C22H24N6OS2. The highest BCUT2D eigenvalue weighted by atomic mass is 32.2. The SMILES string of the molecule is CCn1c(SCCC(=O)Nc2c(C)nn(-c3ccccc3)c2C)nnc1-c1cccs1. The lowest BCUT2D eigenvalue weighted by Crippen LogP contribution is -2.13. The third-order valence-corrected chi connectivity index (χ3v) is 6.73. The van der Waals surface area contributed by atoms with Crippen LogP contribution in [0.5, 0.6) is 0 Å². The third-order valence-electron chi connectivity index (χ3n) is 4.89. The smallest absolute Gasteiger partial charge is 0.225 e. The standard InChI is InChI=1S/C22H24N6OS2/c1-4-27-21(18-11-8-13-30-18)24-25-22(27)31-14-12-19(29)23-20-15(2)26-28(16(20)3)17-9-6-5-7-10-17/h5-11,13H,4,12,14H2,1-3H3,(H,23,29). The summed E-state index contributed by atoms with van der Waals surface area (Å²) >= 11 is 3.20. The first-order valence-corrected chi connectivity index (χ1v) is 12.0. The van der Waals surface area contributed by atoms with Crippen molar-refractivity contribution in [3.05, 3.63) is 59.2 Å². The van der Waals surface area contributed by atoms with Crippen molar-refractivity contribution in [1.82, 2.24) is 24.5 Å². The average molecular weight is 453 g/mol. The number of nitrogens with zero attached hydrogens (tertiary/aromatic N) is 5. The molecule has 0 bridgehead atoms. The second-order valence-corrected chi connectivity index (χ2v) is 8.98. The highest BCUT2D eigenvalue weighted by Gasteiger charge is 2.17. The van der Waals surface area contributed by atoms with E-state index in [1.807, 2.05) is 66.4 Å². The Morgan fingerprint density at radius 2 is 1.94 bits per heavy atom. The number of benzene rings is 1. The van der Waals surface area contributed by atoms with Crippen molar-refractivity contribution in [1.29, 1.82) is 0 Å². The molecular weight excluding hydrogens is 428 g/mol. The zero-order valence-corrected chi connectivity index (χ0v) is 19.3. The molecule has 0 fully saturated rings. The van der Waals surface area contributed by atoms with E-state index in [2.05, 4.69) is 32.1 Å². The summed E-state index contributed by atoms with van der Waals surface area (Å²) in [5.74, 6) is 1.47. The van der Waals surface area contributed by atoms with Gasteiger partial charge in [-0.1, -0.05) is 36.0 Å². The van der Waals surface area contributed by atoms with E-state index in [0.29, 0.717) is 12.2 Å². The van der Waals surface area contributed by atoms with Crippen molar-refractivity contribution >= 4 is 34.7 Å². The number of amides is 1. The molecule has 3 heterocycles. The Kier molecular flexibility index (Phi) is 6.53. The molecule has 0 radical (unpaired) electrons. The Hall–Kier alpha value is -2.91. The van der Waals surface area contributed by atoms with E-state index >= 15 is 0 Å². The number of aryl methyl sites for hydroxylation is 1. The molecule has 1 N–H and O–H groups in total. The van der Waals surface area contributed by atoms with Crippen molar-refractivity contribution < 1.29 is 4.79 Å². The summed E-state index contributed by atoms with van der Waals surface area (Å²) in [5.41, 5.74) is 3.46. The predicted octanol–water partition coefficient (Wildman–Crippen LogP) is 4.95. The summed E-state index contributed by atoms with van der Waals surface area (Å²) in [6, 6.07) is 14.0. The van der Waals surface area contributed by atoms with Crippen molar-refractivity contribution in [2.75, 3.05) is 11.1 Å². The highest BCUT2D eigenvalue weighted by molar-refractivity contribution is 7.99. The molecule has 0 atom stereocenters. The molecule has 1 aromatic carbocycles. The molecule has 0 aliphatic carbocycles. The molecule has 4 rings (SSSR count). The van der Waals surface area contributed by atoms with Crippen LogP contribution < -0.4 is 5.32 Å². The lowest BCUT2D eigenvalue weighted by molar-refractivity contribution is -0.115. The molecule has 3 aromatic heterocycles. The maximum Gasteiger partial charge on any atom is 0.225 e. The van der Waals surface area contributed by atoms with Gasteiger partial charge in [-0.2, -0.15) is 5.10 Å². The Morgan fingerprint density at radius 1 is 1.13 bits per heavy atom. The van der Waals surface area contributed by atoms with Crippen LogP contribution in [0, 0.1) is 13.8 Å². The molecule has 0 spiro atoms. The zero-order valence-electron chi connectivity index (χ0n) is 17.7. The monoisotopic (exact) mass is 452 g/mol. The van der Waals surface area contributed by atoms with Gasteiger partial charge in [-0.05, 0) is 44.4 Å². The van der Waals surface area contributed by atoms with Crippen molar-refractivity contribution in [2.24, 2.45) is 0 Å². The van der Waals surface area contributed by atoms with Gasteiger partial charge in [0.25, 0.3) is 0 Å². The largest absolute Gasteiger partial charge is 0.323 e. The summed E-state index contributed by atoms with van der Waals surface area (Å²) in [4.78, 5) is 13.7. The second kappa shape index (κ2) is 9.49. The summed E-state index contributed by atoms with van der Waals surface area (Å²) in [5, 5.41) is 19.2. The fourth-order valence-electron chi connectivity index (χ4n) is 3.35. The van der Waals surface area contributed by atoms with Crippen LogP contribution in [0.4, 0.5) is 5.69 Å². The zero-order chi connectivity index (χ0) is 21.8. The lowest BCUT2D eigenvalue weighted by Gasteiger charge is -2.08. The second-order valence-electron chi connectivity index (χ2n) is 6.97. The van der Waals surface area contributed by atoms with Gasteiger partial charge in [0, 0.05) is 18.7 Å². The fourth-order valence-corrected chi connectivity index (χ4v) is 5.01. The Morgan fingerprint density at radius 3 is 2.65 bits per heavy atom. The van der Waals surface area contributed by atoms with Crippen LogP contribution >= 0.6 is 23.1 Å². The first-order chi connectivity index (χ1) is 15.1. The first kappa shape index (κ1) is 21.3. The van der Waals surface area contributed by atoms with E-state index in [1.54, 1.807) is 23.1 Å². The van der Waals surface area contributed by atoms with Gasteiger partial charge in [0.15, 0.2) is 11.0 Å². The molecule has 7 nitrogen and oxygen atoms in total. The molecule has 1 amide bonds. The summed E-state index contributed by atoms with van der Waals surface area (Å²) < 4.78 is 3.95. The average Bonchev–Trinajstić information content (AvgIpc) is 3.50. The number of carbonyl (C=O) groups is 1. The van der Waals surface area contributed by atoms with Gasteiger partial charge in [-0.3, -0.25) is 4.79 Å². The van der Waals surface area contributed by atoms with E-state index in [0.717, 1.165) is 45.2 Å². The molecule has 9 heteroatoms. The topological polar surface area (TPSA) is 77.6 Å². The van der Waals surface area contributed by atoms with E-state index < -0.39 is 0 Å². The number of para-hydroxylation sites is 1. The molecule has 0 saturated heterocycles. The minimum atomic E-state index is -0.0349. The maximum absolute atomic E-state index is 12.6. The van der Waals surface area contributed by atoms with Gasteiger partial charge >= 0.3 is 0 Å². The van der Waals surface area contributed by atoms with Crippen LogP contribution in [0.15, 0.2) is 53.0 Å². The normalized spacial score (nSPS) is 11.1. The number of hydrogen-bond donors (Lipinski definition) is 1. The van der Waals surface area contributed by atoms with Crippen LogP contribution in [0.3, 0.4) is 0 Å². The fraction of sp³-hybridized carbons (Fsp3) is 0.273. The molecule has 4 aromatic rings. The van der Waals surface area contributed by atoms with Crippen LogP contribution in [-0.4, -0.2) is 36.2 Å². The van der Waals surface area contributed by atoms with E-state index in [4.69, 9.17) is 0 Å². The highest BCUT2D eigenvalue weighted by Crippen LogP contribution is 2.28. The number of nitrogens with one attached hydrogen (secondary N) is 1. The number of aromatic nitrogens is 5. The number of thiophene rings is 1. The van der Waals surface area contributed by atoms with Gasteiger partial charge in [0.05, 0.1) is 27.6 Å². The maximum atomic E-state index is 12.6. The van der Waals surface area contributed by atoms with Gasteiger partial charge < -0.3 is 9.88 Å². The number of hydrogen-bond acceptors (Lipinski definition) is 6. The van der Waals surface area contributed by atoms with E-state index in [1.165, 1.54) is 0 Å². The number of anilines is 1. The summed E-state index contributed by atoms with van der Waals surface area (Å²) in [6.07, 6.45) is 0.380. The number of thioether (sulfide) groups is 1. The van der Waals surface area contributed by atoms with Crippen molar-refractivity contribution in [3.8, 4) is 16.4 Å². The van der Waals surface area contributed by atoms with Gasteiger partial charge in [0.2, 0.25) is 5.91 Å². The minimum absolute atomic E-state index is 0.0349. The number of rotatable bonds is 8.